The van der Waals surface area contributed by atoms with E-state index < -0.39 is 10.0 Å². The Kier molecular flexibility index (Phi) is 3.64. The Morgan fingerprint density at radius 2 is 1.95 bits per heavy atom. The van der Waals surface area contributed by atoms with Crippen molar-refractivity contribution in [1.29, 1.82) is 0 Å². The van der Waals surface area contributed by atoms with Crippen molar-refractivity contribution in [2.75, 3.05) is 13.1 Å². The van der Waals surface area contributed by atoms with Gasteiger partial charge in [0, 0.05) is 31.5 Å². The van der Waals surface area contributed by atoms with Crippen LogP contribution in [0.25, 0.3) is 0 Å². The van der Waals surface area contributed by atoms with Crippen LogP contribution in [-0.2, 0) is 23.2 Å². The summed E-state index contributed by atoms with van der Waals surface area (Å²) in [5, 5.41) is 9.30. The molecule has 2 atom stereocenters. The lowest BCUT2D eigenvalue weighted by Gasteiger charge is -2.16. The van der Waals surface area contributed by atoms with Crippen LogP contribution in [0.4, 0.5) is 0 Å². The molecule has 1 aromatic heterocycles. The molecule has 1 aliphatic carbocycles. The number of hydrogen-bond donors (Lipinski definition) is 1. The lowest BCUT2D eigenvalue weighted by molar-refractivity contribution is 0.271. The number of nitrogens with zero attached hydrogens (tertiary/aromatic N) is 2. The highest BCUT2D eigenvalue weighted by Gasteiger charge is 2.41. The molecule has 6 heteroatoms. The van der Waals surface area contributed by atoms with Crippen LogP contribution in [0.2, 0.25) is 0 Å². The molecule has 0 spiro atoms. The zero-order chi connectivity index (χ0) is 14.3. The van der Waals surface area contributed by atoms with E-state index in [2.05, 4.69) is 0 Å². The maximum Gasteiger partial charge on any atom is 0.244 e. The van der Waals surface area contributed by atoms with Crippen LogP contribution in [0, 0.1) is 11.8 Å². The predicted molar refractivity (Wildman–Crippen MR) is 75.6 cm³/mol. The third kappa shape index (κ3) is 2.19. The second-order valence-corrected chi connectivity index (χ2v) is 7.82. The van der Waals surface area contributed by atoms with Crippen molar-refractivity contribution in [2.45, 2.75) is 44.2 Å². The van der Waals surface area contributed by atoms with E-state index >= 15 is 0 Å². The predicted octanol–water partition coefficient (Wildman–Crippen LogP) is 1.42. The molecule has 1 aliphatic heterocycles. The Morgan fingerprint density at radius 3 is 2.45 bits per heavy atom. The average Bonchev–Trinajstić information content (AvgIpc) is 3.11. The van der Waals surface area contributed by atoms with Crippen LogP contribution < -0.4 is 0 Å². The van der Waals surface area contributed by atoms with Crippen molar-refractivity contribution in [1.82, 2.24) is 8.87 Å². The van der Waals surface area contributed by atoms with E-state index in [1.54, 1.807) is 21.1 Å². The number of fused-ring (bicyclic) bond motifs is 1. The van der Waals surface area contributed by atoms with Gasteiger partial charge in [-0.15, -0.1) is 0 Å². The van der Waals surface area contributed by atoms with E-state index in [0.29, 0.717) is 42.1 Å². The highest BCUT2D eigenvalue weighted by molar-refractivity contribution is 7.89. The molecular formula is C14H22N2O3S. The number of aliphatic hydroxyl groups is 1. The smallest absolute Gasteiger partial charge is 0.244 e. The Hall–Kier alpha value is -0.850. The molecule has 2 aliphatic rings. The van der Waals surface area contributed by atoms with Gasteiger partial charge in [0.15, 0.2) is 0 Å². The first-order valence-corrected chi connectivity index (χ1v) is 8.80. The molecule has 3 rings (SSSR count). The number of aromatic nitrogens is 1. The Bertz CT molecular complexity index is 560. The Labute approximate surface area is 120 Å². The average molecular weight is 298 g/mol. The number of sulfonamides is 1. The standard InChI is InChI=1S/C14H22N2O3S/c1-2-15-9-14(6-13(15)10-17)20(18,19)16-7-11-4-3-5-12(11)8-16/h6,9,11-12,17H,2-5,7-8,10H2,1H3. The number of hydrogen-bond acceptors (Lipinski definition) is 3. The van der Waals surface area contributed by atoms with Gasteiger partial charge in [-0.25, -0.2) is 8.42 Å². The zero-order valence-corrected chi connectivity index (χ0v) is 12.6. The summed E-state index contributed by atoms with van der Waals surface area (Å²) in [6.07, 6.45) is 5.21. The summed E-state index contributed by atoms with van der Waals surface area (Å²) >= 11 is 0. The number of aryl methyl sites for hydroxylation is 1. The lowest BCUT2D eigenvalue weighted by atomic mass is 10.0. The minimum Gasteiger partial charge on any atom is -0.390 e. The third-order valence-corrected chi connectivity index (χ3v) is 6.59. The summed E-state index contributed by atoms with van der Waals surface area (Å²) in [7, 11) is -3.40. The molecule has 20 heavy (non-hydrogen) atoms. The third-order valence-electron chi connectivity index (χ3n) is 4.79. The molecule has 1 saturated carbocycles. The Morgan fingerprint density at radius 1 is 1.30 bits per heavy atom. The molecular weight excluding hydrogens is 276 g/mol. The molecule has 5 nitrogen and oxygen atoms in total. The van der Waals surface area contributed by atoms with Gasteiger partial charge >= 0.3 is 0 Å². The van der Waals surface area contributed by atoms with Gasteiger partial charge < -0.3 is 9.67 Å². The van der Waals surface area contributed by atoms with Crippen LogP contribution in [-0.4, -0.2) is 35.5 Å². The fourth-order valence-corrected chi connectivity index (χ4v) is 5.25. The van der Waals surface area contributed by atoms with Gasteiger partial charge in [0.25, 0.3) is 0 Å². The minimum absolute atomic E-state index is 0.130. The molecule has 2 heterocycles. The van der Waals surface area contributed by atoms with Crippen molar-refractivity contribution in [3.8, 4) is 0 Å². The van der Waals surface area contributed by atoms with Gasteiger partial charge in [-0.3, -0.25) is 0 Å². The van der Waals surface area contributed by atoms with Crippen molar-refractivity contribution in [3.63, 3.8) is 0 Å². The van der Waals surface area contributed by atoms with Crippen molar-refractivity contribution < 1.29 is 13.5 Å². The zero-order valence-electron chi connectivity index (χ0n) is 11.8. The Balaban J connectivity index is 1.87. The molecule has 1 N–H and O–H groups in total. The normalized spacial score (nSPS) is 27.1. The molecule has 1 saturated heterocycles. The lowest BCUT2D eigenvalue weighted by Crippen LogP contribution is -2.29. The van der Waals surface area contributed by atoms with E-state index in [0.717, 1.165) is 12.8 Å². The molecule has 2 fully saturated rings. The van der Waals surface area contributed by atoms with Gasteiger partial charge in [-0.05, 0) is 37.7 Å². The molecule has 0 amide bonds. The molecule has 2 unspecified atom stereocenters. The van der Waals surface area contributed by atoms with Crippen LogP contribution in [0.15, 0.2) is 17.2 Å². The maximum absolute atomic E-state index is 12.7. The van der Waals surface area contributed by atoms with Crippen molar-refractivity contribution in [3.05, 3.63) is 18.0 Å². The van der Waals surface area contributed by atoms with E-state index in [4.69, 9.17) is 0 Å². The van der Waals surface area contributed by atoms with E-state index in [1.165, 1.54) is 6.42 Å². The first-order chi connectivity index (χ1) is 9.56. The second-order valence-electron chi connectivity index (χ2n) is 5.88. The molecule has 0 radical (unpaired) electrons. The van der Waals surface area contributed by atoms with Crippen LogP contribution >= 0.6 is 0 Å². The second kappa shape index (κ2) is 5.16. The highest BCUT2D eigenvalue weighted by atomic mass is 32.2. The van der Waals surface area contributed by atoms with Gasteiger partial charge in [0.05, 0.1) is 6.61 Å². The summed E-state index contributed by atoms with van der Waals surface area (Å²) in [4.78, 5) is 0.323. The van der Waals surface area contributed by atoms with Crippen LogP contribution in [0.5, 0.6) is 0 Å². The summed E-state index contributed by atoms with van der Waals surface area (Å²) in [6.45, 7) is 3.80. The monoisotopic (exact) mass is 298 g/mol. The first kappa shape index (κ1) is 14.1. The summed E-state index contributed by atoms with van der Waals surface area (Å²) in [5.74, 6) is 1.10. The van der Waals surface area contributed by atoms with Crippen molar-refractivity contribution in [2.24, 2.45) is 11.8 Å². The number of rotatable bonds is 4. The van der Waals surface area contributed by atoms with E-state index in [1.807, 2.05) is 6.92 Å². The topological polar surface area (TPSA) is 62.5 Å². The van der Waals surface area contributed by atoms with Crippen molar-refractivity contribution >= 4 is 10.0 Å². The van der Waals surface area contributed by atoms with Crippen LogP contribution in [0.1, 0.15) is 31.9 Å². The largest absolute Gasteiger partial charge is 0.390 e. The highest BCUT2D eigenvalue weighted by Crippen LogP contribution is 2.39. The fraction of sp³-hybridized carbons (Fsp3) is 0.714. The summed E-state index contributed by atoms with van der Waals surface area (Å²) in [5.41, 5.74) is 0.658. The van der Waals surface area contributed by atoms with Gasteiger partial charge in [0.1, 0.15) is 4.90 Å². The molecule has 1 aromatic rings. The molecule has 112 valence electrons. The fourth-order valence-electron chi connectivity index (χ4n) is 3.63. The van der Waals surface area contributed by atoms with Gasteiger partial charge in [-0.2, -0.15) is 4.31 Å². The number of aliphatic hydroxyl groups excluding tert-OH is 1. The van der Waals surface area contributed by atoms with Gasteiger partial charge in [0.2, 0.25) is 10.0 Å². The maximum atomic E-state index is 12.7. The van der Waals surface area contributed by atoms with Gasteiger partial charge in [-0.1, -0.05) is 6.42 Å². The minimum atomic E-state index is -3.40. The van der Waals surface area contributed by atoms with Crippen LogP contribution in [0.3, 0.4) is 0 Å². The van der Waals surface area contributed by atoms with E-state index in [-0.39, 0.29) is 6.61 Å². The quantitative estimate of drug-likeness (QED) is 0.914. The molecule has 0 bridgehead atoms. The summed E-state index contributed by atoms with van der Waals surface area (Å²) in [6, 6.07) is 1.60. The SMILES string of the molecule is CCn1cc(S(=O)(=O)N2CC3CCCC3C2)cc1CO. The first-order valence-electron chi connectivity index (χ1n) is 7.36. The summed E-state index contributed by atoms with van der Waals surface area (Å²) < 4.78 is 28.8. The van der Waals surface area contributed by atoms with E-state index in [9.17, 15) is 13.5 Å². The molecule has 0 aromatic carbocycles.